The summed E-state index contributed by atoms with van der Waals surface area (Å²) in [5.74, 6) is -0.479. The third-order valence-electron chi connectivity index (χ3n) is 5.37. The normalized spacial score (nSPS) is 21.0. The quantitative estimate of drug-likeness (QED) is 0.664. The summed E-state index contributed by atoms with van der Waals surface area (Å²) in [6, 6.07) is 4.39. The lowest BCUT2D eigenvalue weighted by atomic mass is 10.0. The van der Waals surface area contributed by atoms with Crippen LogP contribution in [0.1, 0.15) is 35.7 Å². The molecule has 1 aromatic rings. The van der Waals surface area contributed by atoms with Crippen LogP contribution in [-0.2, 0) is 24.3 Å². The van der Waals surface area contributed by atoms with Gasteiger partial charge in [0.15, 0.2) is 6.61 Å². The average Bonchev–Trinajstić information content (AvgIpc) is 2.72. The first-order chi connectivity index (χ1) is 13.8. The SMILES string of the molecule is Cc1ccc(S(=O)(=O)N2CCOCC2)cc1C(=O)OCC(=O)N1CCC[C@@H](C)C1. The second-order valence-corrected chi connectivity index (χ2v) is 9.59. The summed E-state index contributed by atoms with van der Waals surface area (Å²) < 4.78 is 37.4. The first kappa shape index (κ1) is 21.7. The number of aryl methyl sites for hydroxylation is 1. The Morgan fingerprint density at radius 1 is 1.21 bits per heavy atom. The molecule has 0 aliphatic carbocycles. The number of rotatable bonds is 5. The van der Waals surface area contributed by atoms with E-state index in [0.717, 1.165) is 12.8 Å². The molecular weight excluding hydrogens is 396 g/mol. The molecular formula is C20H28N2O6S. The van der Waals surface area contributed by atoms with E-state index in [1.54, 1.807) is 17.9 Å². The van der Waals surface area contributed by atoms with E-state index >= 15 is 0 Å². The summed E-state index contributed by atoms with van der Waals surface area (Å²) in [7, 11) is -3.72. The summed E-state index contributed by atoms with van der Waals surface area (Å²) >= 11 is 0. The first-order valence-electron chi connectivity index (χ1n) is 9.92. The van der Waals surface area contributed by atoms with Crippen molar-refractivity contribution in [2.45, 2.75) is 31.6 Å². The van der Waals surface area contributed by atoms with Gasteiger partial charge < -0.3 is 14.4 Å². The number of benzene rings is 1. The predicted octanol–water partition coefficient (Wildman–Crippen LogP) is 1.43. The molecule has 2 saturated heterocycles. The van der Waals surface area contributed by atoms with Crippen LogP contribution in [0.2, 0.25) is 0 Å². The number of hydrogen-bond donors (Lipinski definition) is 0. The second-order valence-electron chi connectivity index (χ2n) is 7.66. The summed E-state index contributed by atoms with van der Waals surface area (Å²) in [6.07, 6.45) is 2.04. The molecule has 1 aromatic carbocycles. The van der Waals surface area contributed by atoms with Gasteiger partial charge in [-0.3, -0.25) is 4.79 Å². The lowest BCUT2D eigenvalue weighted by molar-refractivity contribution is -0.136. The van der Waals surface area contributed by atoms with Gasteiger partial charge in [0, 0.05) is 26.2 Å². The van der Waals surface area contributed by atoms with E-state index in [0.29, 0.717) is 37.8 Å². The fraction of sp³-hybridized carbons (Fsp3) is 0.600. The minimum absolute atomic E-state index is 0.0353. The molecule has 1 atom stereocenters. The zero-order valence-corrected chi connectivity index (χ0v) is 17.7. The van der Waals surface area contributed by atoms with Crippen molar-refractivity contribution in [3.05, 3.63) is 29.3 Å². The zero-order valence-electron chi connectivity index (χ0n) is 16.9. The fourth-order valence-corrected chi connectivity index (χ4v) is 5.06. The number of esters is 1. The highest BCUT2D eigenvalue weighted by Crippen LogP contribution is 2.21. The van der Waals surface area contributed by atoms with Gasteiger partial charge in [-0.15, -0.1) is 0 Å². The highest BCUT2D eigenvalue weighted by molar-refractivity contribution is 7.89. The van der Waals surface area contributed by atoms with Crippen LogP contribution in [0.5, 0.6) is 0 Å². The fourth-order valence-electron chi connectivity index (χ4n) is 3.63. The van der Waals surface area contributed by atoms with Crippen molar-refractivity contribution in [1.82, 2.24) is 9.21 Å². The molecule has 0 radical (unpaired) electrons. The van der Waals surface area contributed by atoms with Gasteiger partial charge in [-0.25, -0.2) is 13.2 Å². The Labute approximate surface area is 171 Å². The summed E-state index contributed by atoms with van der Waals surface area (Å²) in [4.78, 5) is 26.6. The molecule has 0 spiro atoms. The number of piperidine rings is 1. The van der Waals surface area contributed by atoms with Crippen molar-refractivity contribution in [2.75, 3.05) is 46.0 Å². The Balaban J connectivity index is 1.69. The van der Waals surface area contributed by atoms with Crippen molar-refractivity contribution >= 4 is 21.9 Å². The smallest absolute Gasteiger partial charge is 0.338 e. The molecule has 29 heavy (non-hydrogen) atoms. The largest absolute Gasteiger partial charge is 0.452 e. The average molecular weight is 425 g/mol. The predicted molar refractivity (Wildman–Crippen MR) is 106 cm³/mol. The molecule has 0 bridgehead atoms. The van der Waals surface area contributed by atoms with E-state index in [1.165, 1.54) is 16.4 Å². The molecule has 160 valence electrons. The van der Waals surface area contributed by atoms with Gasteiger partial charge in [-0.1, -0.05) is 13.0 Å². The number of sulfonamides is 1. The maximum atomic E-state index is 12.8. The van der Waals surface area contributed by atoms with Crippen molar-refractivity contribution in [3.63, 3.8) is 0 Å². The topological polar surface area (TPSA) is 93.2 Å². The monoisotopic (exact) mass is 424 g/mol. The molecule has 0 unspecified atom stereocenters. The third kappa shape index (κ3) is 5.15. The molecule has 2 heterocycles. The van der Waals surface area contributed by atoms with E-state index in [9.17, 15) is 18.0 Å². The number of carbonyl (C=O) groups is 2. The Morgan fingerprint density at radius 2 is 1.93 bits per heavy atom. The van der Waals surface area contributed by atoms with Crippen molar-refractivity contribution < 1.29 is 27.5 Å². The number of carbonyl (C=O) groups excluding carboxylic acids is 2. The molecule has 9 heteroatoms. The Morgan fingerprint density at radius 3 is 2.62 bits per heavy atom. The van der Waals surface area contributed by atoms with Crippen LogP contribution >= 0.6 is 0 Å². The number of amides is 1. The van der Waals surface area contributed by atoms with Crippen LogP contribution in [0.15, 0.2) is 23.1 Å². The minimum Gasteiger partial charge on any atom is -0.452 e. The second kappa shape index (κ2) is 9.23. The maximum absolute atomic E-state index is 12.8. The molecule has 3 rings (SSSR count). The molecule has 2 aliphatic rings. The zero-order chi connectivity index (χ0) is 21.0. The van der Waals surface area contributed by atoms with Gasteiger partial charge in [0.1, 0.15) is 0 Å². The summed E-state index contributed by atoms with van der Waals surface area (Å²) in [6.45, 7) is 6.04. The third-order valence-corrected chi connectivity index (χ3v) is 7.27. The summed E-state index contributed by atoms with van der Waals surface area (Å²) in [5.41, 5.74) is 0.745. The van der Waals surface area contributed by atoms with Crippen LogP contribution in [-0.4, -0.2) is 75.5 Å². The van der Waals surface area contributed by atoms with Crippen LogP contribution in [0.3, 0.4) is 0 Å². The van der Waals surface area contributed by atoms with Crippen LogP contribution in [0, 0.1) is 12.8 Å². The van der Waals surface area contributed by atoms with E-state index in [2.05, 4.69) is 6.92 Å². The number of likely N-dealkylation sites (tertiary alicyclic amines) is 1. The Hall–Kier alpha value is -1.97. The van der Waals surface area contributed by atoms with Crippen LogP contribution in [0.4, 0.5) is 0 Å². The molecule has 2 aliphatic heterocycles. The number of ether oxygens (including phenoxy) is 2. The van der Waals surface area contributed by atoms with E-state index in [4.69, 9.17) is 9.47 Å². The van der Waals surface area contributed by atoms with E-state index in [-0.39, 0.29) is 36.1 Å². The molecule has 0 aromatic heterocycles. The van der Waals surface area contributed by atoms with Gasteiger partial charge in [0.25, 0.3) is 5.91 Å². The number of morpholine rings is 1. The highest BCUT2D eigenvalue weighted by Gasteiger charge is 2.28. The first-order valence-corrected chi connectivity index (χ1v) is 11.4. The lowest BCUT2D eigenvalue weighted by Crippen LogP contribution is -2.41. The molecule has 2 fully saturated rings. The van der Waals surface area contributed by atoms with Gasteiger partial charge in [-0.2, -0.15) is 4.31 Å². The molecule has 8 nitrogen and oxygen atoms in total. The molecule has 1 amide bonds. The van der Waals surface area contributed by atoms with Crippen LogP contribution in [0.25, 0.3) is 0 Å². The Bertz CT molecular complexity index is 864. The van der Waals surface area contributed by atoms with Gasteiger partial charge in [0.05, 0.1) is 23.7 Å². The number of nitrogens with zero attached hydrogens (tertiary/aromatic N) is 2. The van der Waals surface area contributed by atoms with Crippen molar-refractivity contribution in [3.8, 4) is 0 Å². The van der Waals surface area contributed by atoms with Crippen molar-refractivity contribution in [2.24, 2.45) is 5.92 Å². The highest BCUT2D eigenvalue weighted by atomic mass is 32.2. The Kier molecular flexibility index (Phi) is 6.92. The van der Waals surface area contributed by atoms with Crippen LogP contribution < -0.4 is 0 Å². The van der Waals surface area contributed by atoms with Gasteiger partial charge >= 0.3 is 5.97 Å². The maximum Gasteiger partial charge on any atom is 0.338 e. The minimum atomic E-state index is -3.72. The van der Waals surface area contributed by atoms with Gasteiger partial charge in [-0.05, 0) is 43.4 Å². The lowest BCUT2D eigenvalue weighted by Gasteiger charge is -2.30. The van der Waals surface area contributed by atoms with E-state index < -0.39 is 16.0 Å². The van der Waals surface area contributed by atoms with Gasteiger partial charge in [0.2, 0.25) is 10.0 Å². The van der Waals surface area contributed by atoms with Crippen molar-refractivity contribution in [1.29, 1.82) is 0 Å². The standard InChI is InChI=1S/C20H28N2O6S/c1-15-4-3-7-21(13-15)19(23)14-28-20(24)18-12-17(6-5-16(18)2)29(25,26)22-8-10-27-11-9-22/h5-6,12,15H,3-4,7-11,13-14H2,1-2H3/t15-/m1/s1. The van der Waals surface area contributed by atoms with E-state index in [1.807, 2.05) is 0 Å². The molecule has 0 saturated carbocycles. The summed E-state index contributed by atoms with van der Waals surface area (Å²) in [5, 5.41) is 0. The number of hydrogen-bond acceptors (Lipinski definition) is 6. The molecule has 0 N–H and O–H groups in total.